The number of rotatable bonds is 8. The number of halogens is 1. The second kappa shape index (κ2) is 8.39. The lowest BCUT2D eigenvalue weighted by atomic mass is 10.2. The Morgan fingerprint density at radius 3 is 2.68 bits per heavy atom. The van der Waals surface area contributed by atoms with Gasteiger partial charge >= 0.3 is 0 Å². The van der Waals surface area contributed by atoms with Crippen molar-refractivity contribution in [3.8, 4) is 0 Å². The fourth-order valence-electron chi connectivity index (χ4n) is 2.12. The normalized spacial score (nSPS) is 11.1. The van der Waals surface area contributed by atoms with Crippen LogP contribution in [0.15, 0.2) is 12.3 Å². The molecule has 0 radical (unpaired) electrons. The van der Waals surface area contributed by atoms with Crippen LogP contribution in [0.4, 0.5) is 5.82 Å². The fourth-order valence-corrected chi connectivity index (χ4v) is 2.29. The van der Waals surface area contributed by atoms with Gasteiger partial charge in [0.15, 0.2) is 0 Å². The zero-order chi connectivity index (χ0) is 14.3. The van der Waals surface area contributed by atoms with Crippen LogP contribution in [0.5, 0.6) is 0 Å². The van der Waals surface area contributed by atoms with Gasteiger partial charge in [-0.15, -0.1) is 0 Å². The van der Waals surface area contributed by atoms with E-state index in [2.05, 4.69) is 42.0 Å². The van der Waals surface area contributed by atoms with Crippen molar-refractivity contribution >= 4 is 17.4 Å². The van der Waals surface area contributed by atoms with Gasteiger partial charge in [-0.1, -0.05) is 31.4 Å². The van der Waals surface area contributed by atoms with Crippen LogP contribution in [0.1, 0.15) is 45.6 Å². The van der Waals surface area contributed by atoms with E-state index in [9.17, 15) is 0 Å². The highest BCUT2D eigenvalue weighted by Crippen LogP contribution is 2.22. The molecule has 0 aliphatic rings. The molecule has 19 heavy (non-hydrogen) atoms. The summed E-state index contributed by atoms with van der Waals surface area (Å²) in [4.78, 5) is 6.84. The second-order valence-corrected chi connectivity index (χ2v) is 5.57. The first-order valence-electron chi connectivity index (χ1n) is 7.15. The van der Waals surface area contributed by atoms with Crippen LogP contribution in [0.25, 0.3) is 0 Å². The molecule has 0 atom stereocenters. The van der Waals surface area contributed by atoms with Gasteiger partial charge in [0.25, 0.3) is 0 Å². The molecule has 4 heteroatoms. The van der Waals surface area contributed by atoms with Gasteiger partial charge in [-0.05, 0) is 38.9 Å². The first-order chi connectivity index (χ1) is 9.10. The Balaban J connectivity index is 2.86. The average molecular weight is 284 g/mol. The van der Waals surface area contributed by atoms with Crippen molar-refractivity contribution in [1.82, 2.24) is 10.3 Å². The van der Waals surface area contributed by atoms with E-state index in [4.69, 9.17) is 11.6 Å². The Morgan fingerprint density at radius 2 is 2.11 bits per heavy atom. The fraction of sp³-hybridized carbons (Fsp3) is 0.667. The van der Waals surface area contributed by atoms with Crippen molar-refractivity contribution in [3.05, 3.63) is 22.8 Å². The molecule has 3 nitrogen and oxygen atoms in total. The standard InChI is InChI=1S/C15H26ClN3/c1-5-6-7-8-19(12(2)3)15-9-13(10-17-4)14(16)11-18-15/h9,11-12,17H,5-8,10H2,1-4H3. The monoisotopic (exact) mass is 283 g/mol. The van der Waals surface area contributed by atoms with Crippen LogP contribution < -0.4 is 10.2 Å². The predicted molar refractivity (Wildman–Crippen MR) is 84.0 cm³/mol. The maximum atomic E-state index is 6.17. The highest BCUT2D eigenvalue weighted by molar-refractivity contribution is 6.31. The summed E-state index contributed by atoms with van der Waals surface area (Å²) in [5.74, 6) is 1.03. The minimum atomic E-state index is 0.452. The van der Waals surface area contributed by atoms with Crippen molar-refractivity contribution < 1.29 is 0 Å². The highest BCUT2D eigenvalue weighted by atomic mass is 35.5. The predicted octanol–water partition coefficient (Wildman–Crippen LogP) is 3.86. The summed E-state index contributed by atoms with van der Waals surface area (Å²) in [5.41, 5.74) is 1.11. The van der Waals surface area contributed by atoms with E-state index in [0.717, 1.165) is 29.5 Å². The Labute approximate surface area is 122 Å². The largest absolute Gasteiger partial charge is 0.354 e. The average Bonchev–Trinajstić information content (AvgIpc) is 2.37. The SMILES string of the molecule is CCCCCN(c1cc(CNC)c(Cl)cn1)C(C)C. The molecule has 0 spiro atoms. The van der Waals surface area contributed by atoms with Crippen molar-refractivity contribution in [2.45, 2.75) is 52.6 Å². The van der Waals surface area contributed by atoms with E-state index in [1.165, 1.54) is 19.3 Å². The lowest BCUT2D eigenvalue weighted by molar-refractivity contribution is 0.619. The Morgan fingerprint density at radius 1 is 1.37 bits per heavy atom. The summed E-state index contributed by atoms with van der Waals surface area (Å²) in [6.07, 6.45) is 5.48. The number of nitrogens with one attached hydrogen (secondary N) is 1. The molecule has 1 aromatic rings. The number of aromatic nitrogens is 1. The van der Waals surface area contributed by atoms with Crippen molar-refractivity contribution in [2.75, 3.05) is 18.5 Å². The molecule has 0 amide bonds. The molecule has 1 heterocycles. The van der Waals surface area contributed by atoms with E-state index in [1.54, 1.807) is 6.20 Å². The first kappa shape index (κ1) is 16.3. The molecule has 108 valence electrons. The van der Waals surface area contributed by atoms with Gasteiger partial charge in [-0.25, -0.2) is 4.98 Å². The van der Waals surface area contributed by atoms with Gasteiger partial charge in [-0.2, -0.15) is 0 Å². The van der Waals surface area contributed by atoms with E-state index in [1.807, 2.05) is 7.05 Å². The van der Waals surface area contributed by atoms with Crippen LogP contribution in [0.3, 0.4) is 0 Å². The maximum absolute atomic E-state index is 6.17. The van der Waals surface area contributed by atoms with E-state index in [-0.39, 0.29) is 0 Å². The summed E-state index contributed by atoms with van der Waals surface area (Å²) in [6, 6.07) is 2.55. The molecule has 0 aliphatic heterocycles. The number of pyridine rings is 1. The lowest BCUT2D eigenvalue weighted by Crippen LogP contribution is -2.32. The van der Waals surface area contributed by atoms with Gasteiger partial charge in [0.2, 0.25) is 0 Å². The van der Waals surface area contributed by atoms with Gasteiger partial charge in [-0.3, -0.25) is 0 Å². The summed E-state index contributed by atoms with van der Waals surface area (Å²) in [6.45, 7) is 8.47. The van der Waals surface area contributed by atoms with Crippen LogP contribution in [-0.2, 0) is 6.54 Å². The van der Waals surface area contributed by atoms with Crippen LogP contribution in [0, 0.1) is 0 Å². The Kier molecular flexibility index (Phi) is 7.17. The third-order valence-electron chi connectivity index (χ3n) is 3.21. The molecule has 1 rings (SSSR count). The summed E-state index contributed by atoms with van der Waals surface area (Å²) in [7, 11) is 1.93. The molecule has 0 aliphatic carbocycles. The summed E-state index contributed by atoms with van der Waals surface area (Å²) >= 11 is 6.17. The number of hydrogen-bond acceptors (Lipinski definition) is 3. The molecular formula is C15H26ClN3. The number of nitrogens with zero attached hydrogens (tertiary/aromatic N) is 2. The third-order valence-corrected chi connectivity index (χ3v) is 3.55. The molecule has 1 N–H and O–H groups in total. The molecule has 1 aromatic heterocycles. The van der Waals surface area contributed by atoms with Gasteiger partial charge in [0, 0.05) is 25.3 Å². The summed E-state index contributed by atoms with van der Waals surface area (Å²) < 4.78 is 0. The van der Waals surface area contributed by atoms with E-state index < -0.39 is 0 Å². The van der Waals surface area contributed by atoms with Crippen LogP contribution in [0.2, 0.25) is 5.02 Å². The summed E-state index contributed by atoms with van der Waals surface area (Å²) in [5, 5.41) is 3.87. The molecule has 0 saturated heterocycles. The van der Waals surface area contributed by atoms with Crippen molar-refractivity contribution in [3.63, 3.8) is 0 Å². The zero-order valence-electron chi connectivity index (χ0n) is 12.5. The van der Waals surface area contributed by atoms with Crippen molar-refractivity contribution in [2.24, 2.45) is 0 Å². The smallest absolute Gasteiger partial charge is 0.129 e. The molecule has 0 bridgehead atoms. The Bertz CT molecular complexity index is 380. The number of unbranched alkanes of at least 4 members (excludes halogenated alkanes) is 2. The van der Waals surface area contributed by atoms with Crippen LogP contribution in [-0.4, -0.2) is 24.6 Å². The van der Waals surface area contributed by atoms with Gasteiger partial charge in [0.1, 0.15) is 5.82 Å². The van der Waals surface area contributed by atoms with Crippen LogP contribution >= 0.6 is 11.6 Å². The minimum Gasteiger partial charge on any atom is -0.354 e. The Hall–Kier alpha value is -0.800. The van der Waals surface area contributed by atoms with E-state index >= 15 is 0 Å². The molecule has 0 saturated carbocycles. The van der Waals surface area contributed by atoms with Crippen molar-refractivity contribution in [1.29, 1.82) is 0 Å². The molecular weight excluding hydrogens is 258 g/mol. The van der Waals surface area contributed by atoms with E-state index in [0.29, 0.717) is 6.04 Å². The highest BCUT2D eigenvalue weighted by Gasteiger charge is 2.13. The quantitative estimate of drug-likeness (QED) is 0.734. The minimum absolute atomic E-state index is 0.452. The molecule has 0 unspecified atom stereocenters. The maximum Gasteiger partial charge on any atom is 0.129 e. The number of anilines is 1. The van der Waals surface area contributed by atoms with Gasteiger partial charge in [0.05, 0.1) is 5.02 Å². The van der Waals surface area contributed by atoms with Gasteiger partial charge < -0.3 is 10.2 Å². The number of hydrogen-bond donors (Lipinski definition) is 1. The molecule has 0 aromatic carbocycles. The zero-order valence-corrected chi connectivity index (χ0v) is 13.3. The molecule has 0 fully saturated rings. The lowest BCUT2D eigenvalue weighted by Gasteiger charge is -2.28. The first-order valence-corrected chi connectivity index (χ1v) is 7.53. The topological polar surface area (TPSA) is 28.2 Å². The third kappa shape index (κ3) is 5.00. The second-order valence-electron chi connectivity index (χ2n) is 5.16.